The van der Waals surface area contributed by atoms with Crippen LogP contribution in [0.5, 0.6) is 11.5 Å². The molecule has 33 heavy (non-hydrogen) atoms. The third kappa shape index (κ3) is 5.55. The molecule has 4 rings (SSSR count). The fourth-order valence-electron chi connectivity index (χ4n) is 3.76. The zero-order valence-corrected chi connectivity index (χ0v) is 19.8. The molecule has 1 fully saturated rings. The van der Waals surface area contributed by atoms with Gasteiger partial charge in [0.1, 0.15) is 5.75 Å². The molecule has 172 valence electrons. The average Bonchev–Trinajstić information content (AvgIpc) is 2.82. The van der Waals surface area contributed by atoms with Crippen molar-refractivity contribution in [3.8, 4) is 11.5 Å². The Bertz CT molecular complexity index is 1220. The molecule has 0 spiro atoms. The Morgan fingerprint density at radius 3 is 2.33 bits per heavy atom. The maximum Gasteiger partial charge on any atom is 0.243 e. The molecule has 8 heteroatoms. The second kappa shape index (κ2) is 9.95. The van der Waals surface area contributed by atoms with Crippen molar-refractivity contribution >= 4 is 33.2 Å². The summed E-state index contributed by atoms with van der Waals surface area (Å²) in [7, 11) is -3.57. The van der Waals surface area contributed by atoms with E-state index in [1.807, 2.05) is 37.3 Å². The molecule has 0 aliphatic carbocycles. The van der Waals surface area contributed by atoms with Gasteiger partial charge in [-0.05, 0) is 62.2 Å². The number of para-hydroxylation sites is 1. The van der Waals surface area contributed by atoms with Crippen LogP contribution >= 0.6 is 11.6 Å². The molecular formula is C25H25ClN2O4S. The lowest BCUT2D eigenvalue weighted by Crippen LogP contribution is -2.41. The lowest BCUT2D eigenvalue weighted by Gasteiger charge is -2.30. The summed E-state index contributed by atoms with van der Waals surface area (Å²) in [6.45, 7) is 2.49. The zero-order valence-electron chi connectivity index (χ0n) is 18.2. The number of ether oxygens (including phenoxy) is 1. The summed E-state index contributed by atoms with van der Waals surface area (Å²) >= 11 is 6.15. The molecule has 3 aromatic rings. The molecule has 0 atom stereocenters. The molecule has 1 aliphatic rings. The molecule has 1 aliphatic heterocycles. The number of carbonyl (C=O) groups excluding carboxylic acids is 1. The quantitative estimate of drug-likeness (QED) is 0.502. The normalized spacial score (nSPS) is 15.2. The van der Waals surface area contributed by atoms with Crippen LogP contribution in [0.15, 0.2) is 77.7 Å². The van der Waals surface area contributed by atoms with Gasteiger partial charge in [-0.3, -0.25) is 4.79 Å². The van der Waals surface area contributed by atoms with Crippen LogP contribution in [-0.2, 0) is 14.8 Å². The second-order valence-corrected chi connectivity index (χ2v) is 10.4. The molecule has 0 radical (unpaired) electrons. The number of nitrogens with one attached hydrogen (secondary N) is 1. The number of rotatable bonds is 6. The molecule has 0 bridgehead atoms. The van der Waals surface area contributed by atoms with Gasteiger partial charge in [0.2, 0.25) is 15.9 Å². The Morgan fingerprint density at radius 1 is 1.00 bits per heavy atom. The van der Waals surface area contributed by atoms with E-state index in [4.69, 9.17) is 16.3 Å². The fourth-order valence-corrected chi connectivity index (χ4v) is 5.40. The monoisotopic (exact) mass is 484 g/mol. The Morgan fingerprint density at radius 2 is 1.67 bits per heavy atom. The average molecular weight is 485 g/mol. The number of hydrogen-bond donors (Lipinski definition) is 1. The highest BCUT2D eigenvalue weighted by Crippen LogP contribution is 2.33. The molecule has 0 aromatic heterocycles. The molecule has 1 heterocycles. The number of amides is 1. The Labute approximate surface area is 199 Å². The maximum absolute atomic E-state index is 13.0. The summed E-state index contributed by atoms with van der Waals surface area (Å²) in [5.74, 6) is 0.642. The van der Waals surface area contributed by atoms with Crippen molar-refractivity contribution in [2.45, 2.75) is 24.7 Å². The molecule has 1 N–H and O–H groups in total. The number of sulfonamides is 1. The summed E-state index contributed by atoms with van der Waals surface area (Å²) in [6.07, 6.45) is 0.874. The number of carbonyl (C=O) groups is 1. The maximum atomic E-state index is 13.0. The van der Waals surface area contributed by atoms with E-state index in [9.17, 15) is 13.2 Å². The number of hydrogen-bond acceptors (Lipinski definition) is 4. The summed E-state index contributed by atoms with van der Waals surface area (Å²) in [6, 6.07) is 21.1. The lowest BCUT2D eigenvalue weighted by atomic mass is 9.97. The Hall–Kier alpha value is -2.87. The molecule has 0 unspecified atom stereocenters. The number of anilines is 1. The van der Waals surface area contributed by atoms with E-state index in [0.29, 0.717) is 35.1 Å². The first-order valence-corrected chi connectivity index (χ1v) is 12.5. The van der Waals surface area contributed by atoms with Crippen LogP contribution in [0.2, 0.25) is 5.02 Å². The van der Waals surface area contributed by atoms with E-state index in [2.05, 4.69) is 5.32 Å². The first-order valence-electron chi connectivity index (χ1n) is 10.7. The minimum absolute atomic E-state index is 0.178. The van der Waals surface area contributed by atoms with Crippen LogP contribution in [0.3, 0.4) is 0 Å². The van der Waals surface area contributed by atoms with Gasteiger partial charge in [0, 0.05) is 24.0 Å². The highest BCUT2D eigenvalue weighted by atomic mass is 35.5. The van der Waals surface area contributed by atoms with Crippen molar-refractivity contribution in [2.75, 3.05) is 18.4 Å². The minimum atomic E-state index is -3.57. The smallest absolute Gasteiger partial charge is 0.243 e. The SMILES string of the molecule is Cc1ccc(S(=O)(=O)N2CCC(C(=O)Nc3cc(Cl)ccc3Oc3ccccc3)CC2)cc1. The highest BCUT2D eigenvalue weighted by Gasteiger charge is 2.32. The van der Waals surface area contributed by atoms with Gasteiger partial charge in [-0.2, -0.15) is 4.31 Å². The van der Waals surface area contributed by atoms with Gasteiger partial charge in [0.05, 0.1) is 10.6 Å². The highest BCUT2D eigenvalue weighted by molar-refractivity contribution is 7.89. The molecular weight excluding hydrogens is 460 g/mol. The summed E-state index contributed by atoms with van der Waals surface area (Å²) in [4.78, 5) is 13.2. The molecule has 1 saturated heterocycles. The molecule has 6 nitrogen and oxygen atoms in total. The second-order valence-electron chi connectivity index (χ2n) is 8.04. The van der Waals surface area contributed by atoms with Crippen molar-refractivity contribution in [1.29, 1.82) is 0 Å². The van der Waals surface area contributed by atoms with Crippen LogP contribution in [0.4, 0.5) is 5.69 Å². The molecule has 0 saturated carbocycles. The van der Waals surface area contributed by atoms with Gasteiger partial charge in [-0.15, -0.1) is 0 Å². The van der Waals surface area contributed by atoms with Crippen LogP contribution in [-0.4, -0.2) is 31.7 Å². The first kappa shape index (κ1) is 23.3. The first-order chi connectivity index (χ1) is 15.8. The number of aryl methyl sites for hydroxylation is 1. The summed E-state index contributed by atoms with van der Waals surface area (Å²) in [5, 5.41) is 3.39. The number of halogens is 1. The topological polar surface area (TPSA) is 75.7 Å². The predicted octanol–water partition coefficient (Wildman–Crippen LogP) is 5.48. The van der Waals surface area contributed by atoms with E-state index < -0.39 is 10.0 Å². The molecule has 1 amide bonds. The van der Waals surface area contributed by atoms with Gasteiger partial charge in [0.15, 0.2) is 5.75 Å². The van der Waals surface area contributed by atoms with Crippen LogP contribution < -0.4 is 10.1 Å². The van der Waals surface area contributed by atoms with E-state index >= 15 is 0 Å². The van der Waals surface area contributed by atoms with Crippen molar-refractivity contribution in [2.24, 2.45) is 5.92 Å². The van der Waals surface area contributed by atoms with Crippen LogP contribution in [0.1, 0.15) is 18.4 Å². The number of benzene rings is 3. The van der Waals surface area contributed by atoms with Crippen molar-refractivity contribution < 1.29 is 17.9 Å². The van der Waals surface area contributed by atoms with Crippen LogP contribution in [0.25, 0.3) is 0 Å². The van der Waals surface area contributed by atoms with Crippen molar-refractivity contribution in [3.05, 3.63) is 83.4 Å². The van der Waals surface area contributed by atoms with Gasteiger partial charge >= 0.3 is 0 Å². The molecule has 3 aromatic carbocycles. The largest absolute Gasteiger partial charge is 0.455 e. The van der Waals surface area contributed by atoms with E-state index in [-0.39, 0.29) is 29.8 Å². The minimum Gasteiger partial charge on any atom is -0.455 e. The third-order valence-electron chi connectivity index (χ3n) is 5.65. The number of nitrogens with zero attached hydrogens (tertiary/aromatic N) is 1. The Balaban J connectivity index is 1.41. The van der Waals surface area contributed by atoms with Gasteiger partial charge in [-0.1, -0.05) is 47.5 Å². The van der Waals surface area contributed by atoms with Gasteiger partial charge in [0.25, 0.3) is 0 Å². The lowest BCUT2D eigenvalue weighted by molar-refractivity contribution is -0.120. The van der Waals surface area contributed by atoms with Crippen LogP contribution in [0, 0.1) is 12.8 Å². The van der Waals surface area contributed by atoms with E-state index in [1.54, 1.807) is 42.5 Å². The summed E-state index contributed by atoms with van der Waals surface area (Å²) in [5.41, 5.74) is 1.48. The van der Waals surface area contributed by atoms with Crippen molar-refractivity contribution in [1.82, 2.24) is 4.31 Å². The Kier molecular flexibility index (Phi) is 7.02. The standard InChI is InChI=1S/C25H25ClN2O4S/c1-18-7-10-22(11-8-18)33(30,31)28-15-13-19(14-16-28)25(29)27-23-17-20(26)9-12-24(23)32-21-5-3-2-4-6-21/h2-12,17,19H,13-16H2,1H3,(H,27,29). The third-order valence-corrected chi connectivity index (χ3v) is 7.80. The van der Waals surface area contributed by atoms with Crippen molar-refractivity contribution in [3.63, 3.8) is 0 Å². The van der Waals surface area contributed by atoms with Gasteiger partial charge in [-0.25, -0.2) is 8.42 Å². The van der Waals surface area contributed by atoms with Gasteiger partial charge < -0.3 is 10.1 Å². The van der Waals surface area contributed by atoms with E-state index in [1.165, 1.54) is 4.31 Å². The van der Waals surface area contributed by atoms with E-state index in [0.717, 1.165) is 5.56 Å². The predicted molar refractivity (Wildman–Crippen MR) is 129 cm³/mol. The summed E-state index contributed by atoms with van der Waals surface area (Å²) < 4.78 is 33.2. The zero-order chi connectivity index (χ0) is 23.4. The number of piperidine rings is 1. The fraction of sp³-hybridized carbons (Fsp3) is 0.240.